The summed E-state index contributed by atoms with van der Waals surface area (Å²) >= 11 is 0. The second kappa shape index (κ2) is 5.17. The number of nitrogens with two attached hydrogens (primary N) is 1. The van der Waals surface area contributed by atoms with E-state index >= 15 is 0 Å². The lowest BCUT2D eigenvalue weighted by Crippen LogP contribution is -2.07. The van der Waals surface area contributed by atoms with Gasteiger partial charge in [-0.2, -0.15) is 4.52 Å². The van der Waals surface area contributed by atoms with Crippen LogP contribution in [0.4, 0.5) is 5.95 Å². The van der Waals surface area contributed by atoms with Crippen LogP contribution in [0.3, 0.4) is 0 Å². The van der Waals surface area contributed by atoms with E-state index in [0.29, 0.717) is 11.8 Å². The van der Waals surface area contributed by atoms with Crippen molar-refractivity contribution in [1.82, 2.24) is 19.6 Å². The van der Waals surface area contributed by atoms with E-state index in [0.717, 1.165) is 27.9 Å². The molecule has 26 heavy (non-hydrogen) atoms. The van der Waals surface area contributed by atoms with E-state index in [1.165, 1.54) is 18.4 Å². The molecule has 0 atom stereocenters. The molecule has 2 N–H and O–H groups in total. The molecule has 0 bridgehead atoms. The second-order valence-electron chi connectivity index (χ2n) is 7.13. The molecule has 0 spiro atoms. The molecule has 0 saturated heterocycles. The number of hydrogen-bond acceptors (Lipinski definition) is 5. The predicted octanol–water partition coefficient (Wildman–Crippen LogP) is 3.59. The van der Waals surface area contributed by atoms with E-state index in [9.17, 15) is 0 Å². The molecule has 4 aromatic rings. The number of methoxy groups -OCH3 is 1. The van der Waals surface area contributed by atoms with E-state index in [-0.39, 0.29) is 5.41 Å². The lowest BCUT2D eigenvalue weighted by Gasteiger charge is -2.12. The normalized spacial score (nSPS) is 15.5. The molecule has 6 heteroatoms. The van der Waals surface area contributed by atoms with Crippen LogP contribution in [0.25, 0.3) is 27.9 Å². The fraction of sp³-hybridized carbons (Fsp3) is 0.250. The van der Waals surface area contributed by atoms with Gasteiger partial charge in [-0.05, 0) is 54.2 Å². The summed E-state index contributed by atoms with van der Waals surface area (Å²) in [4.78, 5) is 9.42. The third-order valence-corrected chi connectivity index (χ3v) is 5.33. The van der Waals surface area contributed by atoms with Gasteiger partial charge in [0, 0.05) is 10.9 Å². The zero-order chi connectivity index (χ0) is 17.9. The van der Waals surface area contributed by atoms with E-state index in [1.54, 1.807) is 11.6 Å². The topological polar surface area (TPSA) is 78.3 Å². The van der Waals surface area contributed by atoms with Gasteiger partial charge < -0.3 is 10.5 Å². The molecule has 130 valence electrons. The van der Waals surface area contributed by atoms with Crippen LogP contribution in [0.15, 0.2) is 42.5 Å². The first kappa shape index (κ1) is 15.1. The number of benzene rings is 2. The number of nitrogens with zero attached hydrogens (tertiary/aromatic N) is 4. The fourth-order valence-corrected chi connectivity index (χ4v) is 3.46. The summed E-state index contributed by atoms with van der Waals surface area (Å²) in [5.41, 5.74) is 10.3. The molecule has 2 heterocycles. The van der Waals surface area contributed by atoms with Crippen molar-refractivity contribution in [3.8, 4) is 17.1 Å². The number of para-hydroxylation sites is 1. The zero-order valence-electron chi connectivity index (χ0n) is 14.7. The maximum Gasteiger partial charge on any atom is 0.223 e. The highest BCUT2D eigenvalue weighted by atomic mass is 16.5. The van der Waals surface area contributed by atoms with Gasteiger partial charge in [0.2, 0.25) is 5.95 Å². The Balaban J connectivity index is 1.74. The Morgan fingerprint density at radius 2 is 1.85 bits per heavy atom. The standard InChI is InChI=1S/C20H19N5O/c1-20(10-11-20)15-5-3-4-14-16(15)22-19(21)25-18(14)23-17(24-25)12-6-8-13(26-2)9-7-12/h3-9H,10-11H2,1-2H3,(H2,21,22). The number of ether oxygens (including phenoxy) is 1. The van der Waals surface area contributed by atoms with Crippen LogP contribution in [-0.2, 0) is 5.41 Å². The van der Waals surface area contributed by atoms with Gasteiger partial charge in [0.25, 0.3) is 0 Å². The van der Waals surface area contributed by atoms with Crippen LogP contribution in [0.2, 0.25) is 0 Å². The minimum absolute atomic E-state index is 0.204. The minimum atomic E-state index is 0.204. The van der Waals surface area contributed by atoms with Crippen LogP contribution < -0.4 is 10.5 Å². The largest absolute Gasteiger partial charge is 0.497 e. The van der Waals surface area contributed by atoms with Crippen molar-refractivity contribution >= 4 is 22.5 Å². The Bertz CT molecular complexity index is 1140. The van der Waals surface area contributed by atoms with Crippen molar-refractivity contribution in [2.24, 2.45) is 0 Å². The minimum Gasteiger partial charge on any atom is -0.497 e. The molecule has 1 saturated carbocycles. The van der Waals surface area contributed by atoms with E-state index in [4.69, 9.17) is 15.5 Å². The number of anilines is 1. The van der Waals surface area contributed by atoms with Crippen LogP contribution in [0.5, 0.6) is 5.75 Å². The molecule has 0 radical (unpaired) electrons. The SMILES string of the molecule is COc1ccc(-c2nc3c4cccc(C5(C)CC5)c4nc(N)n3n2)cc1. The summed E-state index contributed by atoms with van der Waals surface area (Å²) < 4.78 is 6.84. The summed E-state index contributed by atoms with van der Waals surface area (Å²) in [6.07, 6.45) is 2.37. The fourth-order valence-electron chi connectivity index (χ4n) is 3.46. The van der Waals surface area contributed by atoms with Gasteiger partial charge in [0.15, 0.2) is 11.5 Å². The third kappa shape index (κ3) is 2.15. The first-order chi connectivity index (χ1) is 12.6. The van der Waals surface area contributed by atoms with E-state index in [1.807, 2.05) is 30.3 Å². The number of nitrogen functional groups attached to an aromatic ring is 1. The number of hydrogen-bond donors (Lipinski definition) is 1. The number of fused-ring (bicyclic) bond motifs is 3. The summed E-state index contributed by atoms with van der Waals surface area (Å²) in [7, 11) is 1.65. The third-order valence-electron chi connectivity index (χ3n) is 5.33. The van der Waals surface area contributed by atoms with Gasteiger partial charge in [0.05, 0.1) is 12.6 Å². The molecule has 5 rings (SSSR count). The molecule has 1 fully saturated rings. The smallest absolute Gasteiger partial charge is 0.223 e. The first-order valence-electron chi connectivity index (χ1n) is 8.69. The molecule has 1 aliphatic rings. The Morgan fingerprint density at radius 3 is 2.54 bits per heavy atom. The van der Waals surface area contributed by atoms with Gasteiger partial charge in [-0.1, -0.05) is 19.1 Å². The van der Waals surface area contributed by atoms with Crippen LogP contribution in [0, 0.1) is 0 Å². The van der Waals surface area contributed by atoms with Crippen LogP contribution in [-0.4, -0.2) is 26.7 Å². The molecule has 0 unspecified atom stereocenters. The molecular formula is C20H19N5O. The molecule has 2 aromatic heterocycles. The van der Waals surface area contributed by atoms with E-state index < -0.39 is 0 Å². The average molecular weight is 345 g/mol. The maximum atomic E-state index is 6.22. The highest BCUT2D eigenvalue weighted by Crippen LogP contribution is 2.49. The Labute approximate surface area is 150 Å². The lowest BCUT2D eigenvalue weighted by molar-refractivity contribution is 0.415. The van der Waals surface area contributed by atoms with E-state index in [2.05, 4.69) is 29.1 Å². The van der Waals surface area contributed by atoms with Gasteiger partial charge in [-0.25, -0.2) is 9.97 Å². The first-order valence-corrected chi connectivity index (χ1v) is 8.69. The second-order valence-corrected chi connectivity index (χ2v) is 7.13. The Hall–Kier alpha value is -3.15. The number of aromatic nitrogens is 4. The highest BCUT2D eigenvalue weighted by molar-refractivity contribution is 5.95. The maximum absolute atomic E-state index is 6.22. The monoisotopic (exact) mass is 345 g/mol. The average Bonchev–Trinajstić information content (AvgIpc) is 3.25. The van der Waals surface area contributed by atoms with Crippen molar-refractivity contribution in [1.29, 1.82) is 0 Å². The molecule has 6 nitrogen and oxygen atoms in total. The molecule has 0 aliphatic heterocycles. The van der Waals surface area contributed by atoms with Gasteiger partial charge in [0.1, 0.15) is 5.75 Å². The van der Waals surface area contributed by atoms with Crippen molar-refractivity contribution in [3.05, 3.63) is 48.0 Å². The van der Waals surface area contributed by atoms with Crippen molar-refractivity contribution in [2.75, 3.05) is 12.8 Å². The van der Waals surface area contributed by atoms with Gasteiger partial charge in [-0.15, -0.1) is 5.10 Å². The molecule has 0 amide bonds. The van der Waals surface area contributed by atoms with Crippen LogP contribution >= 0.6 is 0 Å². The van der Waals surface area contributed by atoms with Gasteiger partial charge >= 0.3 is 0 Å². The Morgan fingerprint density at radius 1 is 1.08 bits per heavy atom. The zero-order valence-corrected chi connectivity index (χ0v) is 14.7. The Kier molecular flexibility index (Phi) is 3.01. The van der Waals surface area contributed by atoms with Crippen molar-refractivity contribution in [2.45, 2.75) is 25.2 Å². The van der Waals surface area contributed by atoms with Crippen LogP contribution in [0.1, 0.15) is 25.3 Å². The van der Waals surface area contributed by atoms with Crippen molar-refractivity contribution < 1.29 is 4.74 Å². The highest BCUT2D eigenvalue weighted by Gasteiger charge is 2.40. The quantitative estimate of drug-likeness (QED) is 0.614. The molecular weight excluding hydrogens is 326 g/mol. The summed E-state index contributed by atoms with van der Waals surface area (Å²) in [6, 6.07) is 13.9. The molecule has 1 aliphatic carbocycles. The summed E-state index contributed by atoms with van der Waals surface area (Å²) in [5.74, 6) is 1.78. The van der Waals surface area contributed by atoms with Gasteiger partial charge in [-0.3, -0.25) is 0 Å². The van der Waals surface area contributed by atoms with Crippen molar-refractivity contribution in [3.63, 3.8) is 0 Å². The summed E-state index contributed by atoms with van der Waals surface area (Å²) in [5, 5.41) is 5.56. The lowest BCUT2D eigenvalue weighted by atomic mass is 9.96. The predicted molar refractivity (Wildman–Crippen MR) is 101 cm³/mol. The summed E-state index contributed by atoms with van der Waals surface area (Å²) in [6.45, 7) is 2.27. The molecule has 2 aromatic carbocycles. The number of rotatable bonds is 3.